The summed E-state index contributed by atoms with van der Waals surface area (Å²) in [5, 5.41) is 1.19. The first-order chi connectivity index (χ1) is 6.90. The number of hydrogen-bond donors (Lipinski definition) is 0. The van der Waals surface area contributed by atoms with Crippen LogP contribution in [0.3, 0.4) is 0 Å². The zero-order valence-corrected chi connectivity index (χ0v) is 12.3. The van der Waals surface area contributed by atoms with Gasteiger partial charge < -0.3 is 9.47 Å². The van der Waals surface area contributed by atoms with Gasteiger partial charge in [-0.25, -0.2) is 0 Å². The van der Waals surface area contributed by atoms with Crippen molar-refractivity contribution >= 4 is 29.2 Å². The van der Waals surface area contributed by atoms with Gasteiger partial charge in [-0.2, -0.15) is 4.98 Å². The first kappa shape index (κ1) is 12.5. The van der Waals surface area contributed by atoms with Crippen LogP contribution in [0.2, 0.25) is 19.6 Å². The maximum atomic E-state index is 5.29. The molecule has 0 N–H and O–H groups in total. The van der Waals surface area contributed by atoms with E-state index in [1.807, 2.05) is 0 Å². The number of rotatable bonds is 3. The summed E-state index contributed by atoms with van der Waals surface area (Å²) in [5.74, 6) is 1.24. The molecule has 0 amide bonds. The van der Waals surface area contributed by atoms with Crippen LogP contribution in [0.25, 0.3) is 0 Å². The van der Waals surface area contributed by atoms with Crippen LogP contribution in [0.4, 0.5) is 0 Å². The Labute approximate surface area is 100.0 Å². The maximum Gasteiger partial charge on any atom is 0.231 e. The summed E-state index contributed by atoms with van der Waals surface area (Å²) in [4.78, 5) is 4.32. The number of aromatic nitrogens is 1. The highest BCUT2D eigenvalue weighted by Gasteiger charge is 2.24. The van der Waals surface area contributed by atoms with Crippen LogP contribution in [0.5, 0.6) is 11.8 Å². The normalized spacial score (nSPS) is 11.3. The van der Waals surface area contributed by atoms with Crippen LogP contribution >= 0.6 is 15.9 Å². The first-order valence-corrected chi connectivity index (χ1v) is 8.98. The molecule has 15 heavy (non-hydrogen) atoms. The Kier molecular flexibility index (Phi) is 3.78. The number of halogens is 1. The van der Waals surface area contributed by atoms with E-state index >= 15 is 0 Å². The molecule has 0 saturated carbocycles. The van der Waals surface area contributed by atoms with Gasteiger partial charge in [0.15, 0.2) is 0 Å². The molecule has 3 nitrogen and oxygen atoms in total. The molecule has 0 unspecified atom stereocenters. The summed E-state index contributed by atoms with van der Waals surface area (Å²) in [7, 11) is 1.80. The zero-order valence-electron chi connectivity index (χ0n) is 9.72. The van der Waals surface area contributed by atoms with E-state index in [1.165, 1.54) is 5.19 Å². The van der Waals surface area contributed by atoms with Gasteiger partial charge in [-0.05, 0) is 22.0 Å². The molecule has 5 heteroatoms. The standard InChI is InChI=1S/C10H16BrNO2Si/c1-13-9-7(11)6-8(15(3,4)5)10(12-9)14-2/h6H,1-5H3. The van der Waals surface area contributed by atoms with E-state index in [4.69, 9.17) is 9.47 Å². The van der Waals surface area contributed by atoms with E-state index in [0.29, 0.717) is 11.8 Å². The van der Waals surface area contributed by atoms with E-state index in [2.05, 4.69) is 46.6 Å². The second kappa shape index (κ2) is 4.53. The van der Waals surface area contributed by atoms with Crippen LogP contribution in [0, 0.1) is 0 Å². The summed E-state index contributed by atoms with van der Waals surface area (Å²) in [6.07, 6.45) is 0. The lowest BCUT2D eigenvalue weighted by atomic mass is 10.4. The molecule has 0 atom stereocenters. The summed E-state index contributed by atoms with van der Waals surface area (Å²) < 4.78 is 11.3. The van der Waals surface area contributed by atoms with E-state index in [9.17, 15) is 0 Å². The largest absolute Gasteiger partial charge is 0.481 e. The number of pyridine rings is 1. The third kappa shape index (κ3) is 2.72. The minimum Gasteiger partial charge on any atom is -0.481 e. The van der Waals surface area contributed by atoms with Gasteiger partial charge in [-0.1, -0.05) is 19.6 Å². The fourth-order valence-electron chi connectivity index (χ4n) is 1.29. The summed E-state index contributed by atoms with van der Waals surface area (Å²) in [6.45, 7) is 6.77. The van der Waals surface area contributed by atoms with Gasteiger partial charge >= 0.3 is 0 Å². The average Bonchev–Trinajstić information content (AvgIpc) is 2.16. The first-order valence-electron chi connectivity index (χ1n) is 4.69. The van der Waals surface area contributed by atoms with Crippen molar-refractivity contribution in [3.05, 3.63) is 10.5 Å². The van der Waals surface area contributed by atoms with Crippen molar-refractivity contribution in [2.24, 2.45) is 0 Å². The van der Waals surface area contributed by atoms with Crippen LogP contribution in [0.15, 0.2) is 10.5 Å². The average molecular weight is 290 g/mol. The Bertz CT molecular complexity index is 363. The van der Waals surface area contributed by atoms with Crippen molar-refractivity contribution in [1.82, 2.24) is 4.98 Å². The fraction of sp³-hybridized carbons (Fsp3) is 0.500. The molecule has 0 fully saturated rings. The molecule has 0 saturated heterocycles. The second-order valence-electron chi connectivity index (χ2n) is 4.29. The van der Waals surface area contributed by atoms with Gasteiger partial charge in [0.1, 0.15) is 0 Å². The molecular formula is C10H16BrNO2Si. The highest BCUT2D eigenvalue weighted by atomic mass is 79.9. The Morgan fingerprint density at radius 1 is 1.13 bits per heavy atom. The van der Waals surface area contributed by atoms with E-state index in [0.717, 1.165) is 4.47 Å². The smallest absolute Gasteiger partial charge is 0.231 e. The molecule has 1 heterocycles. The number of methoxy groups -OCH3 is 2. The molecule has 1 rings (SSSR count). The van der Waals surface area contributed by atoms with Crippen LogP contribution < -0.4 is 14.7 Å². The number of ether oxygens (including phenoxy) is 2. The fourth-order valence-corrected chi connectivity index (χ4v) is 3.36. The van der Waals surface area contributed by atoms with E-state index < -0.39 is 8.07 Å². The Morgan fingerprint density at radius 2 is 1.67 bits per heavy atom. The molecule has 1 aromatic rings. The third-order valence-electron chi connectivity index (χ3n) is 2.10. The highest BCUT2D eigenvalue weighted by Crippen LogP contribution is 2.25. The topological polar surface area (TPSA) is 31.4 Å². The summed E-state index contributed by atoms with van der Waals surface area (Å²) in [6, 6.07) is 2.05. The monoisotopic (exact) mass is 289 g/mol. The SMILES string of the molecule is COc1nc(OC)c([Si](C)(C)C)cc1Br. The Morgan fingerprint density at radius 3 is 2.07 bits per heavy atom. The lowest BCUT2D eigenvalue weighted by Crippen LogP contribution is -2.39. The van der Waals surface area contributed by atoms with E-state index in [1.54, 1.807) is 14.2 Å². The Balaban J connectivity index is 3.34. The van der Waals surface area contributed by atoms with Crippen molar-refractivity contribution in [1.29, 1.82) is 0 Å². The van der Waals surface area contributed by atoms with Crippen molar-refractivity contribution in [2.45, 2.75) is 19.6 Å². The van der Waals surface area contributed by atoms with Crippen molar-refractivity contribution in [3.8, 4) is 11.8 Å². The molecule has 0 bridgehead atoms. The van der Waals surface area contributed by atoms with E-state index in [-0.39, 0.29) is 0 Å². The minimum absolute atomic E-state index is 0.564. The van der Waals surface area contributed by atoms with Crippen molar-refractivity contribution < 1.29 is 9.47 Å². The molecule has 1 aromatic heterocycles. The third-order valence-corrected chi connectivity index (χ3v) is 4.65. The number of hydrogen-bond acceptors (Lipinski definition) is 3. The Hall–Kier alpha value is -0.553. The molecule has 0 aliphatic heterocycles. The molecule has 84 valence electrons. The van der Waals surface area contributed by atoms with Crippen LogP contribution in [-0.2, 0) is 0 Å². The van der Waals surface area contributed by atoms with Crippen molar-refractivity contribution in [2.75, 3.05) is 14.2 Å². The molecule has 0 aromatic carbocycles. The molecule has 0 aliphatic carbocycles. The molecule has 0 spiro atoms. The lowest BCUT2D eigenvalue weighted by molar-refractivity contribution is 0.365. The van der Waals surface area contributed by atoms with Crippen LogP contribution in [-0.4, -0.2) is 27.3 Å². The van der Waals surface area contributed by atoms with Crippen LogP contribution in [0.1, 0.15) is 0 Å². The number of nitrogens with zero attached hydrogens (tertiary/aromatic N) is 1. The minimum atomic E-state index is -1.44. The van der Waals surface area contributed by atoms with Gasteiger partial charge in [0.25, 0.3) is 0 Å². The van der Waals surface area contributed by atoms with Gasteiger partial charge in [0.2, 0.25) is 11.8 Å². The van der Waals surface area contributed by atoms with Crippen molar-refractivity contribution in [3.63, 3.8) is 0 Å². The lowest BCUT2D eigenvalue weighted by Gasteiger charge is -2.20. The van der Waals surface area contributed by atoms with Gasteiger partial charge in [-0.15, -0.1) is 0 Å². The molecule has 0 aliphatic rings. The summed E-state index contributed by atoms with van der Waals surface area (Å²) in [5.41, 5.74) is 0. The summed E-state index contributed by atoms with van der Waals surface area (Å²) >= 11 is 3.44. The van der Waals surface area contributed by atoms with Gasteiger partial charge in [-0.3, -0.25) is 0 Å². The van der Waals surface area contributed by atoms with Gasteiger partial charge in [0.05, 0.1) is 26.8 Å². The highest BCUT2D eigenvalue weighted by molar-refractivity contribution is 9.10. The second-order valence-corrected chi connectivity index (χ2v) is 10.2. The van der Waals surface area contributed by atoms with Gasteiger partial charge in [0, 0.05) is 5.19 Å². The maximum absolute atomic E-state index is 5.29. The molecule has 0 radical (unpaired) electrons. The predicted molar refractivity (Wildman–Crippen MR) is 68.0 cm³/mol. The predicted octanol–water partition coefficient (Wildman–Crippen LogP) is 2.41. The quantitative estimate of drug-likeness (QED) is 0.801. The zero-order chi connectivity index (χ0) is 11.6. The molecular weight excluding hydrogens is 274 g/mol.